The number of nitrogens with two attached hydrogens (primary N) is 1. The standard InChI is InChI=1S/C17H20N2/c1-12-9-10-19-16(11-12)17(18)15-7-5-14(6-8-15)13-3-2-4-13/h5-11,13,17H,2-4,18H2,1H3. The molecule has 98 valence electrons. The average molecular weight is 252 g/mol. The maximum absolute atomic E-state index is 6.30. The number of benzene rings is 1. The Hall–Kier alpha value is -1.67. The molecule has 1 aliphatic rings. The van der Waals surface area contributed by atoms with Gasteiger partial charge in [-0.1, -0.05) is 30.7 Å². The van der Waals surface area contributed by atoms with Crippen molar-refractivity contribution in [2.45, 2.75) is 38.1 Å². The lowest BCUT2D eigenvalue weighted by atomic mass is 9.80. The van der Waals surface area contributed by atoms with Crippen LogP contribution in [0.25, 0.3) is 0 Å². The lowest BCUT2D eigenvalue weighted by molar-refractivity contribution is 0.419. The van der Waals surface area contributed by atoms with Gasteiger partial charge in [-0.25, -0.2) is 0 Å². The van der Waals surface area contributed by atoms with E-state index in [9.17, 15) is 0 Å². The van der Waals surface area contributed by atoms with E-state index in [2.05, 4.69) is 42.2 Å². The zero-order valence-electron chi connectivity index (χ0n) is 11.3. The van der Waals surface area contributed by atoms with Crippen molar-refractivity contribution in [3.05, 3.63) is 65.0 Å². The second-order valence-corrected chi connectivity index (χ2v) is 5.53. The fraction of sp³-hybridized carbons (Fsp3) is 0.353. The molecular formula is C17H20N2. The monoisotopic (exact) mass is 252 g/mol. The molecule has 2 N–H and O–H groups in total. The molecule has 1 aliphatic carbocycles. The van der Waals surface area contributed by atoms with Crippen LogP contribution in [0.3, 0.4) is 0 Å². The SMILES string of the molecule is Cc1ccnc(C(N)c2ccc(C3CCC3)cc2)c1. The Kier molecular flexibility index (Phi) is 3.34. The maximum Gasteiger partial charge on any atom is 0.0726 e. The molecule has 1 fully saturated rings. The summed E-state index contributed by atoms with van der Waals surface area (Å²) in [7, 11) is 0. The first kappa shape index (κ1) is 12.4. The molecule has 2 aromatic rings. The molecule has 2 heteroatoms. The summed E-state index contributed by atoms with van der Waals surface area (Å²) in [6.45, 7) is 2.07. The van der Waals surface area contributed by atoms with Crippen LogP contribution in [0, 0.1) is 6.92 Å². The molecule has 0 aliphatic heterocycles. The average Bonchev–Trinajstić information content (AvgIpc) is 2.37. The van der Waals surface area contributed by atoms with Crippen LogP contribution in [0.2, 0.25) is 0 Å². The number of hydrogen-bond acceptors (Lipinski definition) is 2. The van der Waals surface area contributed by atoms with Gasteiger partial charge in [0.15, 0.2) is 0 Å². The minimum absolute atomic E-state index is 0.129. The van der Waals surface area contributed by atoms with Crippen molar-refractivity contribution in [2.75, 3.05) is 0 Å². The van der Waals surface area contributed by atoms with Crippen LogP contribution in [0.1, 0.15) is 53.6 Å². The molecule has 1 aromatic heterocycles. The van der Waals surface area contributed by atoms with Crippen LogP contribution in [0.5, 0.6) is 0 Å². The Morgan fingerprint density at radius 2 is 1.89 bits per heavy atom. The summed E-state index contributed by atoms with van der Waals surface area (Å²) in [4.78, 5) is 4.38. The van der Waals surface area contributed by atoms with Gasteiger partial charge in [-0.05, 0) is 54.5 Å². The van der Waals surface area contributed by atoms with Gasteiger partial charge in [0.2, 0.25) is 0 Å². The smallest absolute Gasteiger partial charge is 0.0726 e. The van der Waals surface area contributed by atoms with E-state index in [1.54, 1.807) is 0 Å². The third-order valence-electron chi connectivity index (χ3n) is 4.13. The highest BCUT2D eigenvalue weighted by Gasteiger charge is 2.19. The molecule has 19 heavy (non-hydrogen) atoms. The molecule has 1 aromatic carbocycles. The van der Waals surface area contributed by atoms with Gasteiger partial charge in [-0.2, -0.15) is 0 Å². The molecular weight excluding hydrogens is 232 g/mol. The zero-order valence-corrected chi connectivity index (χ0v) is 11.3. The number of hydrogen-bond donors (Lipinski definition) is 1. The number of aromatic nitrogens is 1. The van der Waals surface area contributed by atoms with E-state index >= 15 is 0 Å². The number of rotatable bonds is 3. The lowest BCUT2D eigenvalue weighted by Crippen LogP contribution is -2.14. The van der Waals surface area contributed by atoms with E-state index in [4.69, 9.17) is 5.73 Å². The minimum atomic E-state index is -0.129. The van der Waals surface area contributed by atoms with E-state index in [1.807, 2.05) is 12.3 Å². The van der Waals surface area contributed by atoms with Crippen LogP contribution in [0.4, 0.5) is 0 Å². The van der Waals surface area contributed by atoms with Crippen LogP contribution in [-0.2, 0) is 0 Å². The first-order valence-corrected chi connectivity index (χ1v) is 7.02. The normalized spacial score (nSPS) is 16.9. The highest BCUT2D eigenvalue weighted by molar-refractivity contribution is 5.33. The van der Waals surface area contributed by atoms with E-state index in [0.29, 0.717) is 0 Å². The van der Waals surface area contributed by atoms with Crippen molar-refractivity contribution in [2.24, 2.45) is 5.73 Å². The molecule has 0 spiro atoms. The summed E-state index contributed by atoms with van der Waals surface area (Å²) >= 11 is 0. The molecule has 1 heterocycles. The lowest BCUT2D eigenvalue weighted by Gasteiger charge is -2.26. The van der Waals surface area contributed by atoms with Crippen molar-refractivity contribution in [3.63, 3.8) is 0 Å². The molecule has 1 saturated carbocycles. The molecule has 0 bridgehead atoms. The quantitative estimate of drug-likeness (QED) is 0.904. The second-order valence-electron chi connectivity index (χ2n) is 5.53. The predicted molar refractivity (Wildman–Crippen MR) is 78.0 cm³/mol. The van der Waals surface area contributed by atoms with E-state index < -0.39 is 0 Å². The molecule has 2 nitrogen and oxygen atoms in total. The fourth-order valence-electron chi connectivity index (χ4n) is 2.62. The van der Waals surface area contributed by atoms with Gasteiger partial charge in [0.25, 0.3) is 0 Å². The topological polar surface area (TPSA) is 38.9 Å². The van der Waals surface area contributed by atoms with Gasteiger partial charge >= 0.3 is 0 Å². The van der Waals surface area contributed by atoms with E-state index in [0.717, 1.165) is 17.2 Å². The Labute approximate surface area is 114 Å². The van der Waals surface area contributed by atoms with Gasteiger partial charge in [0.1, 0.15) is 0 Å². The van der Waals surface area contributed by atoms with E-state index in [1.165, 1.54) is 30.4 Å². The first-order chi connectivity index (χ1) is 9.24. The second kappa shape index (κ2) is 5.14. The van der Waals surface area contributed by atoms with E-state index in [-0.39, 0.29) is 6.04 Å². The van der Waals surface area contributed by atoms with Crippen LogP contribution in [0.15, 0.2) is 42.6 Å². The third kappa shape index (κ3) is 2.54. The highest BCUT2D eigenvalue weighted by atomic mass is 14.8. The van der Waals surface area contributed by atoms with Crippen molar-refractivity contribution in [3.8, 4) is 0 Å². The highest BCUT2D eigenvalue weighted by Crippen LogP contribution is 2.36. The molecule has 3 rings (SSSR count). The Morgan fingerprint density at radius 3 is 2.47 bits per heavy atom. The Morgan fingerprint density at radius 1 is 1.16 bits per heavy atom. The first-order valence-electron chi connectivity index (χ1n) is 7.02. The molecule has 0 saturated heterocycles. The zero-order chi connectivity index (χ0) is 13.2. The van der Waals surface area contributed by atoms with Gasteiger partial charge in [0, 0.05) is 6.20 Å². The summed E-state index contributed by atoms with van der Waals surface area (Å²) in [5, 5.41) is 0. The molecule has 0 radical (unpaired) electrons. The molecule has 1 unspecified atom stereocenters. The summed E-state index contributed by atoms with van der Waals surface area (Å²) in [5.41, 5.74) is 11.0. The molecule has 1 atom stereocenters. The number of aryl methyl sites for hydroxylation is 1. The van der Waals surface area contributed by atoms with Crippen molar-refractivity contribution in [1.82, 2.24) is 4.98 Å². The van der Waals surface area contributed by atoms with Crippen LogP contribution in [-0.4, -0.2) is 4.98 Å². The number of pyridine rings is 1. The Bertz CT molecular complexity index is 556. The summed E-state index contributed by atoms with van der Waals surface area (Å²) in [5.74, 6) is 0.780. The van der Waals surface area contributed by atoms with Gasteiger partial charge < -0.3 is 5.73 Å². The van der Waals surface area contributed by atoms with Crippen molar-refractivity contribution >= 4 is 0 Å². The maximum atomic E-state index is 6.30. The summed E-state index contributed by atoms with van der Waals surface area (Å²) in [6, 6.07) is 12.7. The third-order valence-corrected chi connectivity index (χ3v) is 4.13. The fourth-order valence-corrected chi connectivity index (χ4v) is 2.62. The van der Waals surface area contributed by atoms with Crippen molar-refractivity contribution < 1.29 is 0 Å². The van der Waals surface area contributed by atoms with Crippen molar-refractivity contribution in [1.29, 1.82) is 0 Å². The molecule has 0 amide bonds. The van der Waals surface area contributed by atoms with Gasteiger partial charge in [-0.15, -0.1) is 0 Å². The predicted octanol–water partition coefficient (Wildman–Crippen LogP) is 3.71. The largest absolute Gasteiger partial charge is 0.319 e. The Balaban J connectivity index is 1.81. The summed E-state index contributed by atoms with van der Waals surface area (Å²) in [6.07, 6.45) is 5.88. The van der Waals surface area contributed by atoms with Crippen LogP contribution < -0.4 is 5.73 Å². The van der Waals surface area contributed by atoms with Gasteiger partial charge in [-0.3, -0.25) is 4.98 Å². The minimum Gasteiger partial charge on any atom is -0.319 e. The van der Waals surface area contributed by atoms with Gasteiger partial charge in [0.05, 0.1) is 11.7 Å². The number of nitrogens with zero attached hydrogens (tertiary/aromatic N) is 1. The summed E-state index contributed by atoms with van der Waals surface area (Å²) < 4.78 is 0. The van der Waals surface area contributed by atoms with Crippen LogP contribution >= 0.6 is 0 Å².